The molecule has 18 heavy (non-hydrogen) atoms. The van der Waals surface area contributed by atoms with Gasteiger partial charge in [-0.05, 0) is 12.1 Å². The molecule has 2 rings (SSSR count). The summed E-state index contributed by atoms with van der Waals surface area (Å²) in [5, 5.41) is 8.76. The van der Waals surface area contributed by atoms with Gasteiger partial charge in [0.1, 0.15) is 5.75 Å². The second kappa shape index (κ2) is 5.84. The molecule has 0 spiro atoms. The van der Waals surface area contributed by atoms with Gasteiger partial charge >= 0.3 is 0 Å². The summed E-state index contributed by atoms with van der Waals surface area (Å²) in [6, 6.07) is 18.0. The summed E-state index contributed by atoms with van der Waals surface area (Å²) < 4.78 is 5.58. The molecule has 1 amide bonds. The molecule has 0 heterocycles. The predicted molar refractivity (Wildman–Crippen MR) is 66.2 cm³/mol. The third-order valence-corrected chi connectivity index (χ3v) is 2.45. The number of nitrogens with one attached hydrogen (secondary N) is 1. The number of ether oxygens (including phenoxy) is 1. The van der Waals surface area contributed by atoms with Crippen LogP contribution in [0.4, 0.5) is 0 Å². The van der Waals surface area contributed by atoms with E-state index in [1.165, 1.54) is 0 Å². The number of para-hydroxylation sites is 1. The van der Waals surface area contributed by atoms with Crippen LogP contribution in [0.15, 0.2) is 60.7 Å². The van der Waals surface area contributed by atoms with E-state index in [1.54, 1.807) is 41.9 Å². The zero-order valence-corrected chi connectivity index (χ0v) is 9.61. The molecule has 1 unspecified atom stereocenters. The fraction of sp³-hybridized carbons (Fsp3) is 0.0714. The van der Waals surface area contributed by atoms with Gasteiger partial charge in [0.2, 0.25) is 6.10 Å². The highest BCUT2D eigenvalue weighted by atomic mass is 16.5. The Bertz CT molecular complexity index is 499. The monoisotopic (exact) mass is 243 g/mol. The van der Waals surface area contributed by atoms with E-state index in [-0.39, 0.29) is 0 Å². The Kier molecular flexibility index (Phi) is 3.94. The molecular formula is C14H13NO3. The van der Waals surface area contributed by atoms with Crippen LogP contribution in [0, 0.1) is 0 Å². The van der Waals surface area contributed by atoms with Gasteiger partial charge in [-0.3, -0.25) is 10.0 Å². The van der Waals surface area contributed by atoms with Crippen molar-refractivity contribution >= 4 is 5.91 Å². The molecule has 0 saturated heterocycles. The van der Waals surface area contributed by atoms with E-state index in [9.17, 15) is 4.79 Å². The Hall–Kier alpha value is -2.33. The highest BCUT2D eigenvalue weighted by Crippen LogP contribution is 2.21. The molecule has 0 bridgehead atoms. The molecule has 2 N–H and O–H groups in total. The van der Waals surface area contributed by atoms with Crippen LogP contribution in [-0.4, -0.2) is 11.1 Å². The van der Waals surface area contributed by atoms with Crippen molar-refractivity contribution in [2.45, 2.75) is 6.10 Å². The molecule has 0 aliphatic rings. The van der Waals surface area contributed by atoms with Crippen molar-refractivity contribution in [1.82, 2.24) is 5.48 Å². The summed E-state index contributed by atoms with van der Waals surface area (Å²) >= 11 is 0. The summed E-state index contributed by atoms with van der Waals surface area (Å²) in [6.45, 7) is 0. The molecule has 4 nitrogen and oxygen atoms in total. The van der Waals surface area contributed by atoms with Crippen molar-refractivity contribution < 1.29 is 14.7 Å². The Balaban J connectivity index is 2.24. The number of rotatable bonds is 4. The fourth-order valence-electron chi connectivity index (χ4n) is 1.59. The lowest BCUT2D eigenvalue weighted by molar-refractivity contribution is -0.136. The second-order valence-corrected chi connectivity index (χ2v) is 3.70. The average molecular weight is 243 g/mol. The zero-order chi connectivity index (χ0) is 12.8. The third kappa shape index (κ3) is 2.87. The van der Waals surface area contributed by atoms with Gasteiger partial charge < -0.3 is 4.74 Å². The van der Waals surface area contributed by atoms with E-state index in [0.717, 1.165) is 0 Å². The smallest absolute Gasteiger partial charge is 0.289 e. The highest BCUT2D eigenvalue weighted by Gasteiger charge is 2.21. The lowest BCUT2D eigenvalue weighted by atomic mass is 10.1. The van der Waals surface area contributed by atoms with Gasteiger partial charge in [0.25, 0.3) is 5.91 Å². The molecule has 0 fully saturated rings. The Morgan fingerprint density at radius 3 is 2.11 bits per heavy atom. The minimum Gasteiger partial charge on any atom is -0.476 e. The first-order valence-electron chi connectivity index (χ1n) is 5.52. The molecule has 4 heteroatoms. The summed E-state index contributed by atoms with van der Waals surface area (Å²) in [4.78, 5) is 11.6. The van der Waals surface area contributed by atoms with Crippen LogP contribution in [0.3, 0.4) is 0 Å². The van der Waals surface area contributed by atoms with E-state index < -0.39 is 12.0 Å². The third-order valence-electron chi connectivity index (χ3n) is 2.45. The average Bonchev–Trinajstić information content (AvgIpc) is 2.46. The maximum absolute atomic E-state index is 11.6. The summed E-state index contributed by atoms with van der Waals surface area (Å²) in [7, 11) is 0. The van der Waals surface area contributed by atoms with Gasteiger partial charge in [-0.2, -0.15) is 0 Å². The maximum atomic E-state index is 11.6. The van der Waals surface area contributed by atoms with Gasteiger partial charge in [0.15, 0.2) is 0 Å². The fourth-order valence-corrected chi connectivity index (χ4v) is 1.59. The minimum atomic E-state index is -0.876. The molecule has 0 radical (unpaired) electrons. The van der Waals surface area contributed by atoms with Crippen LogP contribution in [-0.2, 0) is 4.79 Å². The number of carbonyl (C=O) groups excluding carboxylic acids is 1. The van der Waals surface area contributed by atoms with Crippen molar-refractivity contribution in [2.75, 3.05) is 0 Å². The van der Waals surface area contributed by atoms with Crippen molar-refractivity contribution in [2.24, 2.45) is 0 Å². The molecule has 0 aliphatic carbocycles. The minimum absolute atomic E-state index is 0.565. The van der Waals surface area contributed by atoms with E-state index >= 15 is 0 Å². The first-order valence-corrected chi connectivity index (χ1v) is 5.52. The van der Waals surface area contributed by atoms with Crippen molar-refractivity contribution in [1.29, 1.82) is 0 Å². The molecule has 2 aromatic rings. The number of benzene rings is 2. The van der Waals surface area contributed by atoms with Gasteiger partial charge in [-0.1, -0.05) is 48.5 Å². The largest absolute Gasteiger partial charge is 0.476 e. The Morgan fingerprint density at radius 1 is 1.00 bits per heavy atom. The van der Waals surface area contributed by atoms with Crippen molar-refractivity contribution in [3.05, 3.63) is 66.2 Å². The first-order chi connectivity index (χ1) is 8.81. The van der Waals surface area contributed by atoms with Crippen LogP contribution in [0.1, 0.15) is 11.7 Å². The number of hydrogen-bond donors (Lipinski definition) is 2. The van der Waals surface area contributed by atoms with E-state index in [0.29, 0.717) is 11.3 Å². The van der Waals surface area contributed by atoms with E-state index in [4.69, 9.17) is 9.94 Å². The van der Waals surface area contributed by atoms with Crippen LogP contribution in [0.2, 0.25) is 0 Å². The number of hydrogen-bond acceptors (Lipinski definition) is 3. The molecule has 1 atom stereocenters. The van der Waals surface area contributed by atoms with Crippen LogP contribution >= 0.6 is 0 Å². The number of carbonyl (C=O) groups is 1. The van der Waals surface area contributed by atoms with E-state index in [2.05, 4.69) is 0 Å². The highest BCUT2D eigenvalue weighted by molar-refractivity contribution is 5.81. The molecule has 92 valence electrons. The molecule has 0 saturated carbocycles. The summed E-state index contributed by atoms with van der Waals surface area (Å²) in [5.74, 6) is -0.0417. The molecular weight excluding hydrogens is 230 g/mol. The van der Waals surface area contributed by atoms with Gasteiger partial charge in [-0.25, -0.2) is 5.48 Å². The number of amides is 1. The summed E-state index contributed by atoms with van der Waals surface area (Å²) in [6.07, 6.45) is -0.876. The van der Waals surface area contributed by atoms with Crippen LogP contribution < -0.4 is 10.2 Å². The molecule has 2 aromatic carbocycles. The topological polar surface area (TPSA) is 58.6 Å². The van der Waals surface area contributed by atoms with Crippen molar-refractivity contribution in [3.8, 4) is 5.75 Å². The number of hydroxylamine groups is 1. The lowest BCUT2D eigenvalue weighted by Crippen LogP contribution is -2.29. The van der Waals surface area contributed by atoms with Gasteiger partial charge in [-0.15, -0.1) is 0 Å². The van der Waals surface area contributed by atoms with Crippen molar-refractivity contribution in [3.63, 3.8) is 0 Å². The van der Waals surface area contributed by atoms with Gasteiger partial charge in [0.05, 0.1) is 0 Å². The molecule has 0 aliphatic heterocycles. The standard InChI is InChI=1S/C14H13NO3/c16-14(15-17)13(11-7-3-1-4-8-11)18-12-9-5-2-6-10-12/h1-10,13,17H,(H,15,16). The SMILES string of the molecule is O=C(NO)C(Oc1ccccc1)c1ccccc1. The first kappa shape index (κ1) is 12.1. The maximum Gasteiger partial charge on any atom is 0.289 e. The van der Waals surface area contributed by atoms with Gasteiger partial charge in [0, 0.05) is 5.56 Å². The zero-order valence-electron chi connectivity index (χ0n) is 9.61. The summed E-state index contributed by atoms with van der Waals surface area (Å²) in [5.41, 5.74) is 2.29. The predicted octanol–water partition coefficient (Wildman–Crippen LogP) is 2.31. The lowest BCUT2D eigenvalue weighted by Gasteiger charge is -2.17. The van der Waals surface area contributed by atoms with Crippen LogP contribution in [0.5, 0.6) is 5.75 Å². The van der Waals surface area contributed by atoms with E-state index in [1.807, 2.05) is 24.3 Å². The second-order valence-electron chi connectivity index (χ2n) is 3.70. The normalized spacial score (nSPS) is 11.6. The molecule has 0 aromatic heterocycles. The van der Waals surface area contributed by atoms with Crippen LogP contribution in [0.25, 0.3) is 0 Å². The Morgan fingerprint density at radius 2 is 1.56 bits per heavy atom. The Labute approximate surface area is 105 Å². The quantitative estimate of drug-likeness (QED) is 0.640.